The molecule has 5 nitrogen and oxygen atoms in total. The Labute approximate surface area is 153 Å². The Balaban J connectivity index is 2.18. The number of rotatable bonds is 6. The summed E-state index contributed by atoms with van der Waals surface area (Å²) in [5.41, 5.74) is 2.56. The zero-order valence-electron chi connectivity index (χ0n) is 16.1. The van der Waals surface area contributed by atoms with Crippen molar-refractivity contribution >= 4 is 5.91 Å². The molecule has 2 aromatic rings. The number of hydrogen-bond acceptors (Lipinski definition) is 3. The second-order valence-electron chi connectivity index (χ2n) is 6.79. The highest BCUT2D eigenvalue weighted by molar-refractivity contribution is 5.83. The molecular weight excluding hydrogens is 338 g/mol. The van der Waals surface area contributed by atoms with Gasteiger partial charge in [0.05, 0.1) is 17.7 Å². The molecule has 1 amide bonds. The molecule has 1 aromatic carbocycles. The van der Waals surface area contributed by atoms with Crippen molar-refractivity contribution in [1.29, 1.82) is 0 Å². The molecule has 0 bridgehead atoms. The second kappa shape index (κ2) is 7.95. The number of benzene rings is 1. The highest BCUT2D eigenvalue weighted by atomic mass is 19.1. The first-order valence-corrected chi connectivity index (χ1v) is 8.53. The molecule has 0 aliphatic heterocycles. The molecule has 0 saturated carbocycles. The van der Waals surface area contributed by atoms with E-state index in [4.69, 9.17) is 0 Å². The maximum absolute atomic E-state index is 14.1. The Morgan fingerprint density at radius 2 is 1.81 bits per heavy atom. The lowest BCUT2D eigenvalue weighted by molar-refractivity contribution is -0.122. The first-order valence-electron chi connectivity index (χ1n) is 8.53. The molecule has 2 rings (SSSR count). The van der Waals surface area contributed by atoms with Crippen LogP contribution in [0.25, 0.3) is 0 Å². The van der Waals surface area contributed by atoms with Gasteiger partial charge in [-0.3, -0.25) is 9.48 Å². The number of amides is 1. The third kappa shape index (κ3) is 3.93. The first kappa shape index (κ1) is 20.0. The van der Waals surface area contributed by atoms with Crippen molar-refractivity contribution in [3.05, 3.63) is 52.3 Å². The summed E-state index contributed by atoms with van der Waals surface area (Å²) in [7, 11) is 5.28. The summed E-state index contributed by atoms with van der Waals surface area (Å²) in [6.45, 7) is 5.69. The van der Waals surface area contributed by atoms with Crippen molar-refractivity contribution in [3.63, 3.8) is 0 Å². The van der Waals surface area contributed by atoms with Gasteiger partial charge in [0.25, 0.3) is 0 Å². The number of aryl methyl sites for hydroxylation is 2. The van der Waals surface area contributed by atoms with Crippen LogP contribution in [0, 0.1) is 25.5 Å². The Morgan fingerprint density at radius 1 is 1.23 bits per heavy atom. The summed E-state index contributed by atoms with van der Waals surface area (Å²) in [5, 5.41) is 7.17. The second-order valence-corrected chi connectivity index (χ2v) is 6.79. The van der Waals surface area contributed by atoms with E-state index in [1.165, 1.54) is 18.2 Å². The van der Waals surface area contributed by atoms with Crippen molar-refractivity contribution in [2.24, 2.45) is 7.05 Å². The van der Waals surface area contributed by atoms with Gasteiger partial charge in [-0.1, -0.05) is 6.07 Å². The van der Waals surface area contributed by atoms with E-state index in [0.717, 1.165) is 17.0 Å². The fourth-order valence-corrected chi connectivity index (χ4v) is 3.27. The Kier molecular flexibility index (Phi) is 6.13. The molecular formula is C19H26F2N4O. The molecule has 0 saturated heterocycles. The van der Waals surface area contributed by atoms with Gasteiger partial charge >= 0.3 is 0 Å². The Hall–Kier alpha value is -2.28. The summed E-state index contributed by atoms with van der Waals surface area (Å²) in [6, 6.07) is 3.17. The van der Waals surface area contributed by atoms with Crippen molar-refractivity contribution in [1.82, 2.24) is 20.0 Å². The van der Waals surface area contributed by atoms with E-state index in [0.29, 0.717) is 0 Å². The minimum Gasteiger partial charge on any atom is -0.354 e. The quantitative estimate of drug-likeness (QED) is 0.858. The molecule has 2 atom stereocenters. The summed E-state index contributed by atoms with van der Waals surface area (Å²) < 4.78 is 30.0. The first-order chi connectivity index (χ1) is 12.1. The van der Waals surface area contributed by atoms with Gasteiger partial charge in [0, 0.05) is 30.4 Å². The van der Waals surface area contributed by atoms with Gasteiger partial charge in [-0.15, -0.1) is 0 Å². The Bertz CT molecular complexity index is 781. The maximum atomic E-state index is 14.1. The minimum atomic E-state index is -0.620. The van der Waals surface area contributed by atoms with Gasteiger partial charge < -0.3 is 10.2 Å². The zero-order chi connectivity index (χ0) is 19.6. The standard InChI is InChI=1S/C19H26F2N4O/c1-11(17-12(2)23-25(6)13(17)3)19(26)22-10-16(24(4)5)18-14(20)8-7-9-15(18)21/h7-9,11,16H,10H2,1-6H3,(H,22,26). The summed E-state index contributed by atoms with van der Waals surface area (Å²) in [6.07, 6.45) is 0. The van der Waals surface area contributed by atoms with Crippen molar-refractivity contribution in [3.8, 4) is 0 Å². The number of carbonyl (C=O) groups excluding carboxylic acids is 1. The van der Waals surface area contributed by atoms with Gasteiger partial charge in [-0.2, -0.15) is 5.10 Å². The molecule has 1 N–H and O–H groups in total. The topological polar surface area (TPSA) is 50.2 Å². The third-order valence-electron chi connectivity index (χ3n) is 4.82. The van der Waals surface area contributed by atoms with E-state index >= 15 is 0 Å². The lowest BCUT2D eigenvalue weighted by atomic mass is 9.97. The largest absolute Gasteiger partial charge is 0.354 e. The minimum absolute atomic E-state index is 0.0424. The predicted octanol–water partition coefficient (Wildman–Crippen LogP) is 2.84. The number of nitrogens with zero attached hydrogens (tertiary/aromatic N) is 3. The van der Waals surface area contributed by atoms with Crippen LogP contribution in [0.5, 0.6) is 0 Å². The average Bonchev–Trinajstić information content (AvgIpc) is 2.81. The van der Waals surface area contributed by atoms with E-state index in [2.05, 4.69) is 10.4 Å². The van der Waals surface area contributed by atoms with Crippen LogP contribution in [0.1, 0.15) is 41.4 Å². The predicted molar refractivity (Wildman–Crippen MR) is 96.9 cm³/mol. The third-order valence-corrected chi connectivity index (χ3v) is 4.82. The monoisotopic (exact) mass is 364 g/mol. The highest BCUT2D eigenvalue weighted by Gasteiger charge is 2.26. The smallest absolute Gasteiger partial charge is 0.227 e. The molecule has 1 heterocycles. The van der Waals surface area contributed by atoms with Crippen LogP contribution in [-0.2, 0) is 11.8 Å². The summed E-state index contributed by atoms with van der Waals surface area (Å²) >= 11 is 0. The number of carbonyl (C=O) groups is 1. The zero-order valence-corrected chi connectivity index (χ0v) is 16.1. The van der Waals surface area contributed by atoms with Crippen LogP contribution in [-0.4, -0.2) is 41.2 Å². The van der Waals surface area contributed by atoms with Crippen molar-refractivity contribution in [2.75, 3.05) is 20.6 Å². The molecule has 26 heavy (non-hydrogen) atoms. The van der Waals surface area contributed by atoms with Crippen molar-refractivity contribution in [2.45, 2.75) is 32.7 Å². The highest BCUT2D eigenvalue weighted by Crippen LogP contribution is 2.26. The average molecular weight is 364 g/mol. The summed E-state index contributed by atoms with van der Waals surface area (Å²) in [5.74, 6) is -1.85. The van der Waals surface area contributed by atoms with Gasteiger partial charge in [0.15, 0.2) is 0 Å². The van der Waals surface area contributed by atoms with E-state index in [1.807, 2.05) is 20.9 Å². The number of likely N-dealkylation sites (N-methyl/N-ethyl adjacent to an activating group) is 1. The fraction of sp³-hybridized carbons (Fsp3) is 0.474. The number of hydrogen-bond donors (Lipinski definition) is 1. The van der Waals surface area contributed by atoms with Crippen LogP contribution >= 0.6 is 0 Å². The van der Waals surface area contributed by atoms with E-state index in [1.54, 1.807) is 30.6 Å². The van der Waals surface area contributed by atoms with Gasteiger partial charge in [0.1, 0.15) is 11.6 Å². The van der Waals surface area contributed by atoms with Crippen LogP contribution in [0.15, 0.2) is 18.2 Å². The van der Waals surface area contributed by atoms with E-state index in [9.17, 15) is 13.6 Å². The molecule has 2 unspecified atom stereocenters. The van der Waals surface area contributed by atoms with Gasteiger partial charge in [-0.05, 0) is 47.0 Å². The van der Waals surface area contributed by atoms with Crippen LogP contribution < -0.4 is 5.32 Å². The molecule has 0 radical (unpaired) electrons. The van der Waals surface area contributed by atoms with E-state index in [-0.39, 0.29) is 18.0 Å². The van der Waals surface area contributed by atoms with Crippen LogP contribution in [0.2, 0.25) is 0 Å². The van der Waals surface area contributed by atoms with Crippen molar-refractivity contribution < 1.29 is 13.6 Å². The lowest BCUT2D eigenvalue weighted by Gasteiger charge is -2.26. The molecule has 7 heteroatoms. The number of nitrogens with one attached hydrogen (secondary N) is 1. The van der Waals surface area contributed by atoms with Gasteiger partial charge in [0.2, 0.25) is 5.91 Å². The van der Waals surface area contributed by atoms with Crippen LogP contribution in [0.3, 0.4) is 0 Å². The Morgan fingerprint density at radius 3 is 2.27 bits per heavy atom. The maximum Gasteiger partial charge on any atom is 0.227 e. The normalized spacial score (nSPS) is 13.7. The lowest BCUT2D eigenvalue weighted by Crippen LogP contribution is -2.37. The number of halogens is 2. The molecule has 0 aliphatic rings. The molecule has 0 fully saturated rings. The fourth-order valence-electron chi connectivity index (χ4n) is 3.27. The SMILES string of the molecule is Cc1nn(C)c(C)c1C(C)C(=O)NCC(c1c(F)cccc1F)N(C)C. The molecule has 0 aliphatic carbocycles. The molecule has 1 aromatic heterocycles. The van der Waals surface area contributed by atoms with Crippen LogP contribution in [0.4, 0.5) is 8.78 Å². The molecule has 142 valence electrons. The van der Waals surface area contributed by atoms with Gasteiger partial charge in [-0.25, -0.2) is 8.78 Å². The number of aromatic nitrogens is 2. The molecule has 0 spiro atoms. The summed E-state index contributed by atoms with van der Waals surface area (Å²) in [4.78, 5) is 14.3. The van der Waals surface area contributed by atoms with E-state index < -0.39 is 23.6 Å².